The molecule has 0 N–H and O–H groups in total. The van der Waals surface area contributed by atoms with Gasteiger partial charge in [-0.15, -0.1) is 0 Å². The molecule has 2 rings (SSSR count). The van der Waals surface area contributed by atoms with Crippen molar-refractivity contribution in [1.82, 2.24) is 0 Å². The van der Waals surface area contributed by atoms with Gasteiger partial charge in [0.2, 0.25) is 0 Å². The average molecular weight is 250 g/mol. The van der Waals surface area contributed by atoms with Gasteiger partial charge in [0.15, 0.2) is 0 Å². The van der Waals surface area contributed by atoms with Crippen LogP contribution in [0.25, 0.3) is 0 Å². The Morgan fingerprint density at radius 2 is 2.28 bits per heavy atom. The van der Waals surface area contributed by atoms with Crippen molar-refractivity contribution in [3.8, 4) is 5.75 Å². The van der Waals surface area contributed by atoms with E-state index in [-0.39, 0.29) is 12.1 Å². The first kappa shape index (κ1) is 12.9. The molecular formula is C14H18O4. The van der Waals surface area contributed by atoms with E-state index in [1.807, 2.05) is 6.07 Å². The molecule has 1 aromatic rings. The van der Waals surface area contributed by atoms with E-state index >= 15 is 0 Å². The van der Waals surface area contributed by atoms with Gasteiger partial charge in [-0.05, 0) is 25.0 Å². The summed E-state index contributed by atoms with van der Waals surface area (Å²) in [6.07, 6.45) is 3.17. The van der Waals surface area contributed by atoms with Crippen molar-refractivity contribution in [2.45, 2.75) is 25.4 Å². The molecule has 0 unspecified atom stereocenters. The molecule has 1 aliphatic heterocycles. The van der Waals surface area contributed by atoms with E-state index in [0.29, 0.717) is 17.9 Å². The monoisotopic (exact) mass is 250 g/mol. The highest BCUT2D eigenvalue weighted by Crippen LogP contribution is 2.19. The van der Waals surface area contributed by atoms with Gasteiger partial charge < -0.3 is 14.2 Å². The zero-order chi connectivity index (χ0) is 12.8. The quantitative estimate of drug-likeness (QED) is 0.753. The second kappa shape index (κ2) is 6.40. The van der Waals surface area contributed by atoms with Crippen LogP contribution in [0.1, 0.15) is 29.6 Å². The number of carbonyl (C=O) groups is 1. The first-order valence-corrected chi connectivity index (χ1v) is 6.23. The van der Waals surface area contributed by atoms with Crippen molar-refractivity contribution in [2.75, 3.05) is 20.3 Å². The zero-order valence-corrected chi connectivity index (χ0v) is 10.6. The number of ether oxygens (including phenoxy) is 3. The minimum absolute atomic E-state index is 0.246. The molecule has 1 atom stereocenters. The summed E-state index contributed by atoms with van der Waals surface area (Å²) < 4.78 is 15.8. The minimum Gasteiger partial charge on any atom is -0.496 e. The average Bonchev–Trinajstić information content (AvgIpc) is 2.91. The Bertz CT molecular complexity index is 397. The SMILES string of the molecule is COc1ccccc1C(=O)OCC[C@H]1CCCO1. The van der Waals surface area contributed by atoms with E-state index in [9.17, 15) is 4.79 Å². The Labute approximate surface area is 107 Å². The number of carbonyl (C=O) groups excluding carboxylic acids is 1. The van der Waals surface area contributed by atoms with Crippen LogP contribution in [-0.4, -0.2) is 32.4 Å². The molecule has 1 aliphatic rings. The number of hydrogen-bond donors (Lipinski definition) is 0. The largest absolute Gasteiger partial charge is 0.496 e. The topological polar surface area (TPSA) is 44.8 Å². The van der Waals surface area contributed by atoms with Gasteiger partial charge in [-0.2, -0.15) is 0 Å². The molecule has 0 saturated carbocycles. The number of benzene rings is 1. The van der Waals surface area contributed by atoms with E-state index in [4.69, 9.17) is 14.2 Å². The summed E-state index contributed by atoms with van der Waals surface area (Å²) >= 11 is 0. The number of methoxy groups -OCH3 is 1. The fourth-order valence-corrected chi connectivity index (χ4v) is 2.05. The zero-order valence-electron chi connectivity index (χ0n) is 10.6. The molecule has 98 valence electrons. The summed E-state index contributed by atoms with van der Waals surface area (Å²) in [4.78, 5) is 11.9. The fraction of sp³-hybridized carbons (Fsp3) is 0.500. The highest BCUT2D eigenvalue weighted by Gasteiger charge is 2.17. The summed E-state index contributed by atoms with van der Waals surface area (Å²) in [6, 6.07) is 7.06. The lowest BCUT2D eigenvalue weighted by atomic mass is 10.2. The Morgan fingerprint density at radius 1 is 1.44 bits per heavy atom. The van der Waals surface area contributed by atoms with Crippen LogP contribution >= 0.6 is 0 Å². The molecule has 4 nitrogen and oxygen atoms in total. The third kappa shape index (κ3) is 3.23. The normalized spacial score (nSPS) is 18.6. The third-order valence-electron chi connectivity index (χ3n) is 3.02. The maximum atomic E-state index is 11.9. The molecule has 0 spiro atoms. The number of esters is 1. The number of hydrogen-bond acceptors (Lipinski definition) is 4. The van der Waals surface area contributed by atoms with Crippen LogP contribution in [-0.2, 0) is 9.47 Å². The first-order chi connectivity index (χ1) is 8.81. The van der Waals surface area contributed by atoms with Crippen molar-refractivity contribution >= 4 is 5.97 Å². The van der Waals surface area contributed by atoms with Gasteiger partial charge in [0, 0.05) is 13.0 Å². The van der Waals surface area contributed by atoms with Crippen LogP contribution in [0.15, 0.2) is 24.3 Å². The van der Waals surface area contributed by atoms with Crippen LogP contribution in [0.2, 0.25) is 0 Å². The summed E-state index contributed by atoms with van der Waals surface area (Å²) in [5.41, 5.74) is 0.465. The molecule has 1 heterocycles. The molecule has 1 aromatic carbocycles. The molecule has 0 aromatic heterocycles. The van der Waals surface area contributed by atoms with Crippen molar-refractivity contribution < 1.29 is 19.0 Å². The Morgan fingerprint density at radius 3 is 3.00 bits per heavy atom. The maximum Gasteiger partial charge on any atom is 0.341 e. The second-order valence-corrected chi connectivity index (χ2v) is 4.26. The van der Waals surface area contributed by atoms with Gasteiger partial charge in [0.1, 0.15) is 11.3 Å². The minimum atomic E-state index is -0.342. The van der Waals surface area contributed by atoms with Gasteiger partial charge in [0.25, 0.3) is 0 Å². The predicted molar refractivity (Wildman–Crippen MR) is 66.9 cm³/mol. The lowest BCUT2D eigenvalue weighted by molar-refractivity contribution is 0.0383. The summed E-state index contributed by atoms with van der Waals surface area (Å²) in [5.74, 6) is 0.199. The van der Waals surface area contributed by atoms with Crippen LogP contribution in [0.4, 0.5) is 0 Å². The number of rotatable bonds is 5. The molecule has 0 bridgehead atoms. The van der Waals surface area contributed by atoms with Crippen LogP contribution in [0.5, 0.6) is 5.75 Å². The number of para-hydroxylation sites is 1. The lowest BCUT2D eigenvalue weighted by Crippen LogP contribution is -2.13. The molecular weight excluding hydrogens is 232 g/mol. The first-order valence-electron chi connectivity index (χ1n) is 6.23. The summed E-state index contributed by atoms with van der Waals surface area (Å²) in [7, 11) is 1.54. The Hall–Kier alpha value is -1.55. The summed E-state index contributed by atoms with van der Waals surface area (Å²) in [6.45, 7) is 1.21. The third-order valence-corrected chi connectivity index (χ3v) is 3.02. The predicted octanol–water partition coefficient (Wildman–Crippen LogP) is 2.42. The van der Waals surface area contributed by atoms with Gasteiger partial charge in [-0.3, -0.25) is 0 Å². The van der Waals surface area contributed by atoms with E-state index in [1.165, 1.54) is 0 Å². The molecule has 1 fully saturated rings. The van der Waals surface area contributed by atoms with E-state index in [0.717, 1.165) is 25.9 Å². The molecule has 4 heteroatoms. The lowest BCUT2D eigenvalue weighted by Gasteiger charge is -2.11. The molecule has 0 radical (unpaired) electrons. The fourth-order valence-electron chi connectivity index (χ4n) is 2.05. The second-order valence-electron chi connectivity index (χ2n) is 4.26. The Balaban J connectivity index is 1.83. The van der Waals surface area contributed by atoms with Crippen LogP contribution < -0.4 is 4.74 Å². The van der Waals surface area contributed by atoms with Gasteiger partial charge in [-0.25, -0.2) is 4.79 Å². The molecule has 0 aliphatic carbocycles. The van der Waals surface area contributed by atoms with Crippen LogP contribution in [0, 0.1) is 0 Å². The van der Waals surface area contributed by atoms with Gasteiger partial charge in [-0.1, -0.05) is 12.1 Å². The van der Waals surface area contributed by atoms with Gasteiger partial charge in [0.05, 0.1) is 19.8 Å². The molecule has 18 heavy (non-hydrogen) atoms. The van der Waals surface area contributed by atoms with Gasteiger partial charge >= 0.3 is 5.97 Å². The van der Waals surface area contributed by atoms with Crippen molar-refractivity contribution in [3.63, 3.8) is 0 Å². The van der Waals surface area contributed by atoms with E-state index < -0.39 is 0 Å². The maximum absolute atomic E-state index is 11.9. The molecule has 0 amide bonds. The van der Waals surface area contributed by atoms with Crippen molar-refractivity contribution in [1.29, 1.82) is 0 Å². The van der Waals surface area contributed by atoms with Crippen molar-refractivity contribution in [3.05, 3.63) is 29.8 Å². The van der Waals surface area contributed by atoms with E-state index in [2.05, 4.69) is 0 Å². The standard InChI is InChI=1S/C14H18O4/c1-16-13-7-3-2-6-12(13)14(15)18-10-8-11-5-4-9-17-11/h2-3,6-7,11H,4-5,8-10H2,1H3/t11-/m1/s1. The highest BCUT2D eigenvalue weighted by atomic mass is 16.5. The van der Waals surface area contributed by atoms with E-state index in [1.54, 1.807) is 25.3 Å². The van der Waals surface area contributed by atoms with Crippen molar-refractivity contribution in [2.24, 2.45) is 0 Å². The van der Waals surface area contributed by atoms with Crippen LogP contribution in [0.3, 0.4) is 0 Å². The highest BCUT2D eigenvalue weighted by molar-refractivity contribution is 5.92. The molecule has 1 saturated heterocycles. The Kier molecular flexibility index (Phi) is 4.59. The smallest absolute Gasteiger partial charge is 0.341 e. The summed E-state index contributed by atoms with van der Waals surface area (Å²) in [5, 5.41) is 0.